The molecule has 2 rings (SSSR count). The molecule has 5 heteroatoms. The van der Waals surface area contributed by atoms with Gasteiger partial charge in [-0.25, -0.2) is 9.78 Å². The van der Waals surface area contributed by atoms with E-state index in [2.05, 4.69) is 17.2 Å². The fourth-order valence-corrected chi connectivity index (χ4v) is 1.76. The summed E-state index contributed by atoms with van der Waals surface area (Å²) in [5.74, 6) is -0.262. The number of nitrogens with zero attached hydrogens (tertiary/aromatic N) is 2. The first kappa shape index (κ1) is 11.6. The summed E-state index contributed by atoms with van der Waals surface area (Å²) in [4.78, 5) is 15.2. The Labute approximate surface area is 99.1 Å². The standard InChI is InChI=1S/C12H15N3O2/c1-2-6-13-8-10-14-11(12(16)17)9-5-3-4-7-15(9)10/h3-5,7,13H,2,6,8H2,1H3,(H,16,17). The number of nitrogens with one attached hydrogen (secondary N) is 1. The number of aromatic nitrogens is 2. The Morgan fingerprint density at radius 3 is 3.06 bits per heavy atom. The fraction of sp³-hybridized carbons (Fsp3) is 0.333. The molecule has 2 heterocycles. The molecule has 0 aromatic carbocycles. The summed E-state index contributed by atoms with van der Waals surface area (Å²) in [6, 6.07) is 5.44. The summed E-state index contributed by atoms with van der Waals surface area (Å²) in [6.45, 7) is 3.55. The normalized spacial score (nSPS) is 10.9. The van der Waals surface area contributed by atoms with Gasteiger partial charge in [0.25, 0.3) is 0 Å². The molecule has 0 saturated heterocycles. The molecule has 5 nitrogen and oxygen atoms in total. The van der Waals surface area contributed by atoms with Crippen LogP contribution in [0.5, 0.6) is 0 Å². The van der Waals surface area contributed by atoms with E-state index in [0.29, 0.717) is 12.1 Å². The molecule has 0 saturated carbocycles. The van der Waals surface area contributed by atoms with Crippen molar-refractivity contribution in [3.05, 3.63) is 35.9 Å². The maximum atomic E-state index is 11.1. The molecule has 90 valence electrons. The van der Waals surface area contributed by atoms with Crippen LogP contribution >= 0.6 is 0 Å². The molecule has 0 bridgehead atoms. The number of carboxylic acid groups (broad SMARTS) is 1. The topological polar surface area (TPSA) is 66.6 Å². The van der Waals surface area contributed by atoms with Crippen LogP contribution < -0.4 is 5.32 Å². The first-order valence-corrected chi connectivity index (χ1v) is 5.64. The van der Waals surface area contributed by atoms with Crippen molar-refractivity contribution in [2.24, 2.45) is 0 Å². The van der Waals surface area contributed by atoms with Crippen LogP contribution in [0.3, 0.4) is 0 Å². The number of imidazole rings is 1. The van der Waals surface area contributed by atoms with Gasteiger partial charge in [0.1, 0.15) is 5.82 Å². The van der Waals surface area contributed by atoms with Crippen LogP contribution in [0.4, 0.5) is 0 Å². The van der Waals surface area contributed by atoms with Gasteiger partial charge in [-0.1, -0.05) is 13.0 Å². The zero-order chi connectivity index (χ0) is 12.3. The molecule has 0 radical (unpaired) electrons. The minimum Gasteiger partial charge on any atom is -0.476 e. The Morgan fingerprint density at radius 1 is 1.53 bits per heavy atom. The molecule has 17 heavy (non-hydrogen) atoms. The minimum absolute atomic E-state index is 0.110. The Balaban J connectivity index is 2.38. The van der Waals surface area contributed by atoms with Crippen LogP contribution in [0.15, 0.2) is 24.4 Å². The van der Waals surface area contributed by atoms with E-state index in [0.717, 1.165) is 18.8 Å². The maximum absolute atomic E-state index is 11.1. The quantitative estimate of drug-likeness (QED) is 0.769. The molecule has 2 N–H and O–H groups in total. The number of hydrogen-bond donors (Lipinski definition) is 2. The second-order valence-electron chi connectivity index (χ2n) is 3.81. The van der Waals surface area contributed by atoms with Crippen molar-refractivity contribution in [2.75, 3.05) is 6.54 Å². The van der Waals surface area contributed by atoms with Gasteiger partial charge in [0.15, 0.2) is 5.69 Å². The second-order valence-corrected chi connectivity index (χ2v) is 3.81. The van der Waals surface area contributed by atoms with Crippen molar-refractivity contribution in [2.45, 2.75) is 19.9 Å². The predicted octanol–water partition coefficient (Wildman–Crippen LogP) is 1.53. The lowest BCUT2D eigenvalue weighted by Crippen LogP contribution is -2.16. The van der Waals surface area contributed by atoms with E-state index in [1.165, 1.54) is 0 Å². The van der Waals surface area contributed by atoms with Gasteiger partial charge in [-0.15, -0.1) is 0 Å². The maximum Gasteiger partial charge on any atom is 0.356 e. The van der Waals surface area contributed by atoms with E-state index < -0.39 is 5.97 Å². The molecule has 0 spiro atoms. The summed E-state index contributed by atoms with van der Waals surface area (Å²) in [5.41, 5.74) is 0.743. The first-order chi connectivity index (χ1) is 8.24. The monoisotopic (exact) mass is 233 g/mol. The van der Waals surface area contributed by atoms with Crippen molar-refractivity contribution in [3.8, 4) is 0 Å². The number of rotatable bonds is 5. The highest BCUT2D eigenvalue weighted by Crippen LogP contribution is 2.12. The molecular formula is C12H15N3O2. The van der Waals surface area contributed by atoms with Gasteiger partial charge in [0, 0.05) is 6.20 Å². The summed E-state index contributed by atoms with van der Waals surface area (Å²) in [5, 5.41) is 12.3. The smallest absolute Gasteiger partial charge is 0.356 e. The van der Waals surface area contributed by atoms with Crippen LogP contribution in [0, 0.1) is 0 Å². The van der Waals surface area contributed by atoms with Crippen molar-refractivity contribution in [3.63, 3.8) is 0 Å². The van der Waals surface area contributed by atoms with Gasteiger partial charge >= 0.3 is 5.97 Å². The number of aromatic carboxylic acids is 1. The number of hydrogen-bond acceptors (Lipinski definition) is 3. The average molecular weight is 233 g/mol. The van der Waals surface area contributed by atoms with Crippen molar-refractivity contribution in [1.82, 2.24) is 14.7 Å². The van der Waals surface area contributed by atoms with Gasteiger partial charge in [0.2, 0.25) is 0 Å². The number of pyridine rings is 1. The minimum atomic E-state index is -0.990. The number of fused-ring (bicyclic) bond motifs is 1. The highest BCUT2D eigenvalue weighted by atomic mass is 16.4. The molecule has 0 amide bonds. The predicted molar refractivity (Wildman–Crippen MR) is 64.1 cm³/mol. The lowest BCUT2D eigenvalue weighted by molar-refractivity contribution is 0.0693. The SMILES string of the molecule is CCCNCc1nc(C(=O)O)c2ccccn12. The van der Waals surface area contributed by atoms with Gasteiger partial charge < -0.3 is 14.8 Å². The van der Waals surface area contributed by atoms with E-state index in [-0.39, 0.29) is 5.69 Å². The third-order valence-electron chi connectivity index (χ3n) is 2.53. The molecule has 2 aromatic rings. The van der Waals surface area contributed by atoms with E-state index in [1.54, 1.807) is 6.07 Å². The zero-order valence-electron chi connectivity index (χ0n) is 9.68. The van der Waals surface area contributed by atoms with E-state index >= 15 is 0 Å². The fourth-order valence-electron chi connectivity index (χ4n) is 1.76. The Hall–Kier alpha value is -1.88. The Bertz CT molecular complexity index is 534. The molecular weight excluding hydrogens is 218 g/mol. The number of carboxylic acids is 1. The van der Waals surface area contributed by atoms with Crippen molar-refractivity contribution in [1.29, 1.82) is 0 Å². The average Bonchev–Trinajstić information content (AvgIpc) is 2.69. The second kappa shape index (κ2) is 4.97. The largest absolute Gasteiger partial charge is 0.476 e. The molecule has 0 aliphatic carbocycles. The highest BCUT2D eigenvalue weighted by Gasteiger charge is 2.15. The summed E-state index contributed by atoms with van der Waals surface area (Å²) < 4.78 is 1.81. The van der Waals surface area contributed by atoms with Crippen LogP contribution in [0.25, 0.3) is 5.52 Å². The molecule has 0 fully saturated rings. The van der Waals surface area contributed by atoms with Crippen LogP contribution in [0.1, 0.15) is 29.7 Å². The first-order valence-electron chi connectivity index (χ1n) is 5.64. The molecule has 0 unspecified atom stereocenters. The molecule has 0 aliphatic rings. The van der Waals surface area contributed by atoms with Crippen LogP contribution in [0.2, 0.25) is 0 Å². The summed E-state index contributed by atoms with van der Waals surface area (Å²) >= 11 is 0. The third kappa shape index (κ3) is 2.29. The van der Waals surface area contributed by atoms with E-state index in [4.69, 9.17) is 5.11 Å². The molecule has 0 aliphatic heterocycles. The lowest BCUT2D eigenvalue weighted by Gasteiger charge is -2.01. The molecule has 0 atom stereocenters. The summed E-state index contributed by atoms with van der Waals surface area (Å²) in [6.07, 6.45) is 2.87. The molecule has 2 aromatic heterocycles. The van der Waals surface area contributed by atoms with E-state index in [9.17, 15) is 4.79 Å². The highest BCUT2D eigenvalue weighted by molar-refractivity contribution is 5.93. The number of carbonyl (C=O) groups is 1. The Morgan fingerprint density at radius 2 is 2.35 bits per heavy atom. The van der Waals surface area contributed by atoms with Gasteiger partial charge in [-0.05, 0) is 25.1 Å². The lowest BCUT2D eigenvalue weighted by atomic mass is 10.3. The van der Waals surface area contributed by atoms with Crippen molar-refractivity contribution < 1.29 is 9.90 Å². The van der Waals surface area contributed by atoms with Gasteiger partial charge in [-0.3, -0.25) is 0 Å². The summed E-state index contributed by atoms with van der Waals surface area (Å²) in [7, 11) is 0. The Kier molecular flexibility index (Phi) is 3.39. The van der Waals surface area contributed by atoms with Crippen molar-refractivity contribution >= 4 is 11.5 Å². The third-order valence-corrected chi connectivity index (χ3v) is 2.53. The van der Waals surface area contributed by atoms with Gasteiger partial charge in [0.05, 0.1) is 12.1 Å². The van der Waals surface area contributed by atoms with Crippen LogP contribution in [-0.2, 0) is 6.54 Å². The van der Waals surface area contributed by atoms with Crippen LogP contribution in [-0.4, -0.2) is 27.0 Å². The van der Waals surface area contributed by atoms with E-state index in [1.807, 2.05) is 22.7 Å². The van der Waals surface area contributed by atoms with Gasteiger partial charge in [-0.2, -0.15) is 0 Å². The zero-order valence-corrected chi connectivity index (χ0v) is 9.68.